The number of hydrogen-bond donors (Lipinski definition) is 2. The first kappa shape index (κ1) is 14.3. The van der Waals surface area contributed by atoms with Crippen LogP contribution in [0.25, 0.3) is 0 Å². The van der Waals surface area contributed by atoms with E-state index in [9.17, 15) is 0 Å². The van der Waals surface area contributed by atoms with Crippen LogP contribution in [0.15, 0.2) is 0 Å². The third-order valence-corrected chi connectivity index (χ3v) is 5.54. The molecule has 2 rings (SSSR count). The number of nitrogens with one attached hydrogen (secondary N) is 2. The summed E-state index contributed by atoms with van der Waals surface area (Å²) in [5.74, 6) is 0.847. The van der Waals surface area contributed by atoms with Gasteiger partial charge in [-0.15, -0.1) is 0 Å². The summed E-state index contributed by atoms with van der Waals surface area (Å²) < 4.78 is 0. The second-order valence-corrected chi connectivity index (χ2v) is 7.12. The van der Waals surface area contributed by atoms with Gasteiger partial charge in [-0.05, 0) is 61.9 Å². The Morgan fingerprint density at radius 1 is 1.06 bits per heavy atom. The molecule has 0 unspecified atom stereocenters. The minimum Gasteiger partial charge on any atom is -0.317 e. The van der Waals surface area contributed by atoms with Crippen molar-refractivity contribution in [2.24, 2.45) is 16.7 Å². The third-order valence-electron chi connectivity index (χ3n) is 5.54. The maximum atomic E-state index is 3.84. The van der Waals surface area contributed by atoms with Crippen molar-refractivity contribution in [1.82, 2.24) is 10.6 Å². The SMILES string of the molecule is CCCC1(CNCC2(C(C)C)CC2)CCNCC1. The van der Waals surface area contributed by atoms with Crippen molar-refractivity contribution in [3.63, 3.8) is 0 Å². The summed E-state index contributed by atoms with van der Waals surface area (Å²) in [6.07, 6.45) is 8.35. The summed E-state index contributed by atoms with van der Waals surface area (Å²) in [5, 5.41) is 7.34. The lowest BCUT2D eigenvalue weighted by atomic mass is 9.75. The maximum absolute atomic E-state index is 3.84. The molecule has 0 radical (unpaired) electrons. The van der Waals surface area contributed by atoms with Crippen molar-refractivity contribution in [3.8, 4) is 0 Å². The zero-order valence-electron chi connectivity index (χ0n) is 12.6. The Balaban J connectivity index is 1.79. The second-order valence-electron chi connectivity index (χ2n) is 7.12. The lowest BCUT2D eigenvalue weighted by molar-refractivity contribution is 0.169. The molecule has 1 aliphatic carbocycles. The molecule has 106 valence electrons. The lowest BCUT2D eigenvalue weighted by Crippen LogP contribution is -2.44. The highest BCUT2D eigenvalue weighted by atomic mass is 14.9. The van der Waals surface area contributed by atoms with Gasteiger partial charge in [0.2, 0.25) is 0 Å². The Hall–Kier alpha value is -0.0800. The van der Waals surface area contributed by atoms with Gasteiger partial charge in [0.05, 0.1) is 0 Å². The predicted octanol–water partition coefficient (Wildman–Crippen LogP) is 3.18. The van der Waals surface area contributed by atoms with E-state index in [2.05, 4.69) is 31.4 Å². The van der Waals surface area contributed by atoms with Crippen molar-refractivity contribution in [3.05, 3.63) is 0 Å². The summed E-state index contributed by atoms with van der Waals surface area (Å²) in [5.41, 5.74) is 1.24. The minimum absolute atomic E-state index is 0.590. The first-order valence-electron chi connectivity index (χ1n) is 8.04. The lowest BCUT2D eigenvalue weighted by Gasteiger charge is -2.38. The molecular weight excluding hydrogens is 220 g/mol. The summed E-state index contributed by atoms with van der Waals surface area (Å²) in [6, 6.07) is 0. The first-order valence-corrected chi connectivity index (χ1v) is 8.04. The van der Waals surface area contributed by atoms with Crippen molar-refractivity contribution < 1.29 is 0 Å². The van der Waals surface area contributed by atoms with Gasteiger partial charge in [-0.3, -0.25) is 0 Å². The molecule has 1 aliphatic heterocycles. The number of rotatable bonds is 7. The van der Waals surface area contributed by atoms with Gasteiger partial charge in [0.15, 0.2) is 0 Å². The van der Waals surface area contributed by atoms with Crippen LogP contribution in [-0.2, 0) is 0 Å². The smallest absolute Gasteiger partial charge is 0.00105 e. The van der Waals surface area contributed by atoms with Gasteiger partial charge < -0.3 is 10.6 Å². The summed E-state index contributed by atoms with van der Waals surface area (Å²) in [6.45, 7) is 12.1. The molecule has 1 saturated heterocycles. The van der Waals surface area contributed by atoms with E-state index in [-0.39, 0.29) is 0 Å². The molecule has 2 nitrogen and oxygen atoms in total. The molecule has 2 aliphatic rings. The minimum atomic E-state index is 0.590. The van der Waals surface area contributed by atoms with Crippen molar-refractivity contribution >= 4 is 0 Å². The highest BCUT2D eigenvalue weighted by Gasteiger charge is 2.45. The average molecular weight is 252 g/mol. The molecule has 2 heteroatoms. The predicted molar refractivity (Wildman–Crippen MR) is 78.8 cm³/mol. The number of hydrogen-bond acceptors (Lipinski definition) is 2. The molecule has 0 bridgehead atoms. The van der Waals surface area contributed by atoms with E-state index in [1.807, 2.05) is 0 Å². The molecule has 2 fully saturated rings. The van der Waals surface area contributed by atoms with E-state index >= 15 is 0 Å². The molecular formula is C16H32N2. The van der Waals surface area contributed by atoms with Crippen LogP contribution >= 0.6 is 0 Å². The topological polar surface area (TPSA) is 24.1 Å². The fraction of sp³-hybridized carbons (Fsp3) is 1.00. The molecule has 0 amide bonds. The van der Waals surface area contributed by atoms with Gasteiger partial charge in [-0.25, -0.2) is 0 Å². The van der Waals surface area contributed by atoms with Gasteiger partial charge in [0.1, 0.15) is 0 Å². The van der Waals surface area contributed by atoms with E-state index in [1.54, 1.807) is 0 Å². The molecule has 0 spiro atoms. The zero-order chi connectivity index (χ0) is 13.1. The Kier molecular flexibility index (Phi) is 4.71. The first-order chi connectivity index (χ1) is 8.63. The Bertz CT molecular complexity index is 244. The molecule has 0 aromatic rings. The van der Waals surface area contributed by atoms with Crippen LogP contribution in [0.4, 0.5) is 0 Å². The van der Waals surface area contributed by atoms with Crippen LogP contribution in [0.1, 0.15) is 59.3 Å². The summed E-state index contributed by atoms with van der Waals surface area (Å²) in [4.78, 5) is 0. The van der Waals surface area contributed by atoms with E-state index in [0.717, 1.165) is 5.92 Å². The molecule has 1 heterocycles. The fourth-order valence-corrected chi connectivity index (χ4v) is 3.70. The van der Waals surface area contributed by atoms with Crippen LogP contribution in [0.5, 0.6) is 0 Å². The number of piperidine rings is 1. The van der Waals surface area contributed by atoms with E-state index in [4.69, 9.17) is 0 Å². The maximum Gasteiger partial charge on any atom is 0.00105 e. The quantitative estimate of drug-likeness (QED) is 0.727. The van der Waals surface area contributed by atoms with Gasteiger partial charge >= 0.3 is 0 Å². The third kappa shape index (κ3) is 3.27. The van der Waals surface area contributed by atoms with E-state index in [1.165, 1.54) is 64.7 Å². The Labute approximate surface area is 113 Å². The average Bonchev–Trinajstić information content (AvgIpc) is 3.12. The molecule has 0 aromatic carbocycles. The molecule has 0 aromatic heterocycles. The van der Waals surface area contributed by atoms with Crippen LogP contribution in [0.2, 0.25) is 0 Å². The second kappa shape index (κ2) is 5.92. The summed E-state index contributed by atoms with van der Waals surface area (Å²) in [7, 11) is 0. The highest BCUT2D eigenvalue weighted by molar-refractivity contribution is 4.98. The summed E-state index contributed by atoms with van der Waals surface area (Å²) >= 11 is 0. The van der Waals surface area contributed by atoms with Crippen LogP contribution in [0.3, 0.4) is 0 Å². The van der Waals surface area contributed by atoms with E-state index < -0.39 is 0 Å². The van der Waals surface area contributed by atoms with Crippen LogP contribution in [0, 0.1) is 16.7 Å². The Morgan fingerprint density at radius 2 is 1.72 bits per heavy atom. The van der Waals surface area contributed by atoms with Crippen molar-refractivity contribution in [2.75, 3.05) is 26.2 Å². The molecule has 18 heavy (non-hydrogen) atoms. The van der Waals surface area contributed by atoms with Gasteiger partial charge in [0, 0.05) is 13.1 Å². The monoisotopic (exact) mass is 252 g/mol. The van der Waals surface area contributed by atoms with Crippen molar-refractivity contribution in [1.29, 1.82) is 0 Å². The largest absolute Gasteiger partial charge is 0.317 e. The normalized spacial score (nSPS) is 25.3. The van der Waals surface area contributed by atoms with Crippen LogP contribution < -0.4 is 10.6 Å². The van der Waals surface area contributed by atoms with Gasteiger partial charge in [-0.1, -0.05) is 27.2 Å². The zero-order valence-corrected chi connectivity index (χ0v) is 12.6. The van der Waals surface area contributed by atoms with Crippen molar-refractivity contribution in [2.45, 2.75) is 59.3 Å². The molecule has 2 N–H and O–H groups in total. The van der Waals surface area contributed by atoms with E-state index in [0.29, 0.717) is 10.8 Å². The molecule has 1 saturated carbocycles. The van der Waals surface area contributed by atoms with Gasteiger partial charge in [0.25, 0.3) is 0 Å². The highest BCUT2D eigenvalue weighted by Crippen LogP contribution is 2.51. The standard InChI is InChI=1S/C16H32N2/c1-4-5-15(8-10-17-11-9-15)12-18-13-16(6-7-16)14(2)3/h14,17-18H,4-13H2,1-3H3. The van der Waals surface area contributed by atoms with Gasteiger partial charge in [-0.2, -0.15) is 0 Å². The van der Waals surface area contributed by atoms with Crippen LogP contribution in [-0.4, -0.2) is 26.2 Å². The fourth-order valence-electron chi connectivity index (χ4n) is 3.70. The Morgan fingerprint density at radius 3 is 2.22 bits per heavy atom. The molecule has 0 atom stereocenters.